The maximum Gasteiger partial charge on any atom is 0.260 e. The Morgan fingerprint density at radius 2 is 2.15 bits per heavy atom. The summed E-state index contributed by atoms with van der Waals surface area (Å²) in [5.41, 5.74) is 11.9. The molecule has 3 aromatic rings. The number of pyridine rings is 1. The van der Waals surface area contributed by atoms with Crippen molar-refractivity contribution in [1.29, 1.82) is 0 Å². The molecule has 1 aliphatic rings. The van der Waals surface area contributed by atoms with Crippen LogP contribution in [-0.2, 0) is 13.0 Å². The quantitative estimate of drug-likeness (QED) is 0.324. The van der Waals surface area contributed by atoms with E-state index in [1.54, 1.807) is 16.8 Å². The van der Waals surface area contributed by atoms with Crippen LogP contribution in [0, 0.1) is 0 Å². The second kappa shape index (κ2) is 11.0. The summed E-state index contributed by atoms with van der Waals surface area (Å²) in [4.78, 5) is 23.6. The van der Waals surface area contributed by atoms with E-state index >= 15 is 0 Å². The molecule has 11 heteroatoms. The highest BCUT2D eigenvalue weighted by molar-refractivity contribution is 6.35. The molecule has 2 aromatic heterocycles. The van der Waals surface area contributed by atoms with Gasteiger partial charge in [-0.05, 0) is 30.0 Å². The molecule has 0 atom stereocenters. The number of amides is 1. The Balaban J connectivity index is 0.000000203. The van der Waals surface area contributed by atoms with Gasteiger partial charge in [-0.25, -0.2) is 4.68 Å². The van der Waals surface area contributed by atoms with Crippen molar-refractivity contribution in [2.75, 3.05) is 37.3 Å². The number of halogens is 1. The van der Waals surface area contributed by atoms with Crippen LogP contribution in [0.3, 0.4) is 0 Å². The molecule has 0 bridgehead atoms. The Hall–Kier alpha value is -3.34. The number of hydrogen-bond acceptors (Lipinski definition) is 7. The van der Waals surface area contributed by atoms with Gasteiger partial charge in [0.1, 0.15) is 11.4 Å². The van der Waals surface area contributed by atoms with E-state index in [9.17, 15) is 9.59 Å². The van der Waals surface area contributed by atoms with Crippen LogP contribution < -0.4 is 27.7 Å². The number of nitrogen functional groups attached to an aromatic ring is 1. The van der Waals surface area contributed by atoms with Gasteiger partial charge in [0.2, 0.25) is 0 Å². The zero-order valence-corrected chi connectivity index (χ0v) is 19.1. The normalized spacial score (nSPS) is 12.1. The minimum Gasteiger partial charge on any atom is -0.395 e. The number of aliphatic hydroxyl groups is 1. The first-order valence-corrected chi connectivity index (χ1v) is 11.0. The summed E-state index contributed by atoms with van der Waals surface area (Å²) in [7, 11) is 0. The van der Waals surface area contributed by atoms with Gasteiger partial charge in [-0.2, -0.15) is 0 Å². The molecule has 0 aliphatic carbocycles. The summed E-state index contributed by atoms with van der Waals surface area (Å²) < 4.78 is 3.26. The molecule has 176 valence electrons. The summed E-state index contributed by atoms with van der Waals surface area (Å²) >= 11 is 6.15. The highest BCUT2D eigenvalue weighted by atomic mass is 35.5. The predicted molar refractivity (Wildman–Crippen MR) is 132 cm³/mol. The maximum absolute atomic E-state index is 12.6. The van der Waals surface area contributed by atoms with Gasteiger partial charge in [0.25, 0.3) is 11.5 Å². The zero-order valence-electron chi connectivity index (χ0n) is 18.3. The van der Waals surface area contributed by atoms with Crippen molar-refractivity contribution < 1.29 is 9.90 Å². The Labute approximate surface area is 195 Å². The highest BCUT2D eigenvalue weighted by Gasteiger charge is 2.20. The Kier molecular flexibility index (Phi) is 8.10. The van der Waals surface area contributed by atoms with E-state index in [0.29, 0.717) is 42.4 Å². The van der Waals surface area contributed by atoms with E-state index in [-0.39, 0.29) is 23.5 Å². The van der Waals surface area contributed by atoms with Gasteiger partial charge in [-0.3, -0.25) is 9.59 Å². The number of primary amides is 1. The highest BCUT2D eigenvalue weighted by Crippen LogP contribution is 2.23. The van der Waals surface area contributed by atoms with E-state index in [2.05, 4.69) is 15.7 Å². The molecule has 1 amide bonds. The monoisotopic (exact) mass is 473 g/mol. The van der Waals surface area contributed by atoms with Crippen molar-refractivity contribution in [2.45, 2.75) is 19.9 Å². The Morgan fingerprint density at radius 3 is 2.85 bits per heavy atom. The average Bonchev–Trinajstić information content (AvgIpc) is 3.14. The number of hydrogen-bond donors (Lipinski definition) is 5. The fourth-order valence-electron chi connectivity index (χ4n) is 3.62. The van der Waals surface area contributed by atoms with Crippen molar-refractivity contribution >= 4 is 46.1 Å². The molecule has 3 heterocycles. The number of nitrogens with two attached hydrogens (primary N) is 2. The van der Waals surface area contributed by atoms with Crippen molar-refractivity contribution in [3.8, 4) is 0 Å². The first-order chi connectivity index (χ1) is 15.9. The topological polar surface area (TPSA) is 153 Å². The van der Waals surface area contributed by atoms with Crippen molar-refractivity contribution in [2.24, 2.45) is 5.73 Å². The number of fused-ring (bicyclic) bond motifs is 2. The minimum atomic E-state index is -0.568. The summed E-state index contributed by atoms with van der Waals surface area (Å²) in [5.74, 6) is 0.149. The Morgan fingerprint density at radius 1 is 1.36 bits per heavy atom. The molecule has 1 aliphatic heterocycles. The molecule has 0 spiro atoms. The van der Waals surface area contributed by atoms with E-state index in [1.165, 1.54) is 4.68 Å². The van der Waals surface area contributed by atoms with E-state index < -0.39 is 5.91 Å². The minimum absolute atomic E-state index is 0.0456. The molecule has 1 aromatic carbocycles. The summed E-state index contributed by atoms with van der Waals surface area (Å²) in [6.07, 6.45) is 4.39. The molecule has 0 saturated carbocycles. The second-order valence-electron chi connectivity index (χ2n) is 7.31. The van der Waals surface area contributed by atoms with Crippen molar-refractivity contribution in [1.82, 2.24) is 19.7 Å². The molecule has 0 unspecified atom stereocenters. The van der Waals surface area contributed by atoms with Crippen LogP contribution >= 0.6 is 11.6 Å². The number of aryl methyl sites for hydroxylation is 1. The number of anilines is 2. The standard InChI is InChI=1S/C15H19ClN2O2.C7H9N5O/c1-2-12-10-11-4-3-5-13(16)14(11)15(20)18(12)8-6-17-7-9-19;8-5-4(6(9)13)7-10-2-1-3-12(7)11-5/h3-5,10,17,19H,2,6-9H2,1H3;1,3,10H,2H2,(H2,8,11)(H2,9,13). The number of aromatic nitrogens is 3. The molecule has 10 nitrogen and oxygen atoms in total. The first-order valence-electron chi connectivity index (χ1n) is 10.6. The second-order valence-corrected chi connectivity index (χ2v) is 7.71. The summed E-state index contributed by atoms with van der Waals surface area (Å²) in [6, 6.07) is 7.53. The van der Waals surface area contributed by atoms with Crippen LogP contribution in [0.15, 0.2) is 35.1 Å². The molecular formula is C22H28ClN7O3. The third kappa shape index (κ3) is 5.36. The summed E-state index contributed by atoms with van der Waals surface area (Å²) in [6.45, 7) is 4.52. The van der Waals surface area contributed by atoms with Gasteiger partial charge in [-0.1, -0.05) is 30.7 Å². The van der Waals surface area contributed by atoms with Crippen LogP contribution in [0.25, 0.3) is 17.0 Å². The first kappa shape index (κ1) is 24.3. The zero-order chi connectivity index (χ0) is 24.0. The van der Waals surface area contributed by atoms with Gasteiger partial charge < -0.3 is 31.8 Å². The van der Waals surface area contributed by atoms with Crippen LogP contribution in [-0.4, -0.2) is 51.6 Å². The molecule has 33 heavy (non-hydrogen) atoms. The number of nitrogens with one attached hydrogen (secondary N) is 2. The third-order valence-corrected chi connectivity index (χ3v) is 5.47. The van der Waals surface area contributed by atoms with Crippen molar-refractivity contribution in [3.63, 3.8) is 0 Å². The number of benzene rings is 1. The largest absolute Gasteiger partial charge is 0.395 e. The van der Waals surface area contributed by atoms with E-state index in [1.807, 2.05) is 31.2 Å². The number of nitrogens with zero attached hydrogens (tertiary/aromatic N) is 3. The molecule has 0 fully saturated rings. The maximum atomic E-state index is 12.6. The summed E-state index contributed by atoms with van der Waals surface area (Å²) in [5, 5.41) is 20.7. The lowest BCUT2D eigenvalue weighted by atomic mass is 10.1. The number of rotatable bonds is 7. The number of aliphatic hydroxyl groups excluding tert-OH is 1. The number of carbonyl (C=O) groups excluding carboxylic acids is 1. The van der Waals surface area contributed by atoms with Gasteiger partial charge in [0.05, 0.1) is 17.0 Å². The Bertz CT molecular complexity index is 1230. The van der Waals surface area contributed by atoms with E-state index in [0.717, 1.165) is 17.5 Å². The van der Waals surface area contributed by atoms with Gasteiger partial charge in [-0.15, -0.1) is 5.10 Å². The van der Waals surface area contributed by atoms with Gasteiger partial charge >= 0.3 is 0 Å². The van der Waals surface area contributed by atoms with Crippen molar-refractivity contribution in [3.05, 3.63) is 57.0 Å². The molecule has 7 N–H and O–H groups in total. The molecular weight excluding hydrogens is 446 g/mol. The van der Waals surface area contributed by atoms with Crippen LogP contribution in [0.5, 0.6) is 0 Å². The number of carbonyl (C=O) groups is 1. The lowest BCUT2D eigenvalue weighted by Gasteiger charge is -2.14. The lowest BCUT2D eigenvalue weighted by molar-refractivity contribution is 0.100. The molecule has 0 radical (unpaired) electrons. The van der Waals surface area contributed by atoms with Gasteiger partial charge in [0.15, 0.2) is 5.82 Å². The predicted octanol–water partition coefficient (Wildman–Crippen LogP) is 1.26. The van der Waals surface area contributed by atoms with Crippen LogP contribution in [0.1, 0.15) is 23.0 Å². The van der Waals surface area contributed by atoms with Crippen LogP contribution in [0.4, 0.5) is 11.6 Å². The average molecular weight is 474 g/mol. The lowest BCUT2D eigenvalue weighted by Crippen LogP contribution is -2.30. The van der Waals surface area contributed by atoms with Crippen LogP contribution in [0.2, 0.25) is 5.02 Å². The SMILES string of the molecule is CCc1cc2cccc(Cl)c2c(=O)n1CCNCCO.NC(=O)c1c(N)nn2c1NCC=C2. The van der Waals surface area contributed by atoms with E-state index in [4.69, 9.17) is 28.2 Å². The molecule has 0 saturated heterocycles. The fourth-order valence-corrected chi connectivity index (χ4v) is 3.89. The smallest absolute Gasteiger partial charge is 0.260 e. The molecule has 4 rings (SSSR count). The van der Waals surface area contributed by atoms with Gasteiger partial charge in [0, 0.05) is 38.1 Å². The fraction of sp³-hybridized carbons (Fsp3) is 0.318. The third-order valence-electron chi connectivity index (χ3n) is 5.15.